The van der Waals surface area contributed by atoms with Crippen LogP contribution in [0, 0.1) is 10.1 Å². The van der Waals surface area contributed by atoms with Gasteiger partial charge < -0.3 is 10.3 Å². The second kappa shape index (κ2) is 4.65. The van der Waals surface area contributed by atoms with Crippen molar-refractivity contribution in [3.63, 3.8) is 0 Å². The van der Waals surface area contributed by atoms with E-state index in [1.54, 1.807) is 16.9 Å². The van der Waals surface area contributed by atoms with Crippen LogP contribution in [0.2, 0.25) is 0 Å². The molecule has 0 atom stereocenters. The summed E-state index contributed by atoms with van der Waals surface area (Å²) < 4.78 is 1.79. The highest BCUT2D eigenvalue weighted by Crippen LogP contribution is 2.22. The van der Waals surface area contributed by atoms with E-state index in [1.807, 2.05) is 13.1 Å². The number of fused-ring (bicyclic) bond motifs is 1. The molecule has 2 heterocycles. The normalized spacial score (nSPS) is 10.8. The number of nitrogens with zero attached hydrogens (tertiary/aromatic N) is 4. The van der Waals surface area contributed by atoms with E-state index in [-0.39, 0.29) is 5.69 Å². The Hall–Kier alpha value is -2.90. The van der Waals surface area contributed by atoms with E-state index in [0.717, 1.165) is 12.2 Å². The molecule has 8 heteroatoms. The Bertz CT molecular complexity index is 775. The van der Waals surface area contributed by atoms with E-state index >= 15 is 0 Å². The van der Waals surface area contributed by atoms with Crippen molar-refractivity contribution in [1.82, 2.24) is 19.7 Å². The fourth-order valence-corrected chi connectivity index (χ4v) is 1.91. The number of non-ortho nitro benzene ring substituents is 1. The maximum atomic E-state index is 10.7. The van der Waals surface area contributed by atoms with Gasteiger partial charge in [0.1, 0.15) is 0 Å². The summed E-state index contributed by atoms with van der Waals surface area (Å²) in [5.41, 5.74) is 2.12. The molecule has 2 aromatic heterocycles. The number of hydrogen-bond acceptors (Lipinski definition) is 5. The number of benzene rings is 1. The molecule has 0 unspecified atom stereocenters. The van der Waals surface area contributed by atoms with Gasteiger partial charge in [-0.05, 0) is 13.0 Å². The third-order valence-corrected chi connectivity index (χ3v) is 2.90. The first-order valence-corrected chi connectivity index (χ1v) is 6.09. The smallest absolute Gasteiger partial charge is 0.271 e. The Labute approximate surface area is 113 Å². The number of nitro benzene ring substituents is 1. The molecule has 0 amide bonds. The predicted octanol–water partition coefficient (Wildman–Crippen LogP) is 2.43. The lowest BCUT2D eigenvalue weighted by molar-refractivity contribution is -0.384. The topological polar surface area (TPSA) is 102 Å². The number of hydrogen-bond donors (Lipinski definition) is 2. The summed E-state index contributed by atoms with van der Waals surface area (Å²) in [6.07, 6.45) is 3.55. The fourth-order valence-electron chi connectivity index (χ4n) is 1.91. The third-order valence-electron chi connectivity index (χ3n) is 2.90. The van der Waals surface area contributed by atoms with Crippen LogP contribution in [-0.2, 0) is 6.54 Å². The van der Waals surface area contributed by atoms with Gasteiger partial charge in [0.15, 0.2) is 0 Å². The van der Waals surface area contributed by atoms with Crippen LogP contribution in [0.5, 0.6) is 0 Å². The van der Waals surface area contributed by atoms with Crippen molar-refractivity contribution in [2.45, 2.75) is 13.5 Å². The van der Waals surface area contributed by atoms with Gasteiger partial charge in [0.05, 0.1) is 27.8 Å². The molecule has 0 radical (unpaired) electrons. The van der Waals surface area contributed by atoms with Crippen LogP contribution in [0.15, 0.2) is 30.6 Å². The SMILES string of the molecule is CCn1cc(Nc2nc3ccc([N+](=O)[O-])cc3[nH]2)cn1. The maximum Gasteiger partial charge on any atom is 0.271 e. The molecular weight excluding hydrogens is 260 g/mol. The van der Waals surface area contributed by atoms with Crippen molar-refractivity contribution in [2.75, 3.05) is 5.32 Å². The predicted molar refractivity (Wildman–Crippen MR) is 73.9 cm³/mol. The van der Waals surface area contributed by atoms with Crippen LogP contribution in [0.1, 0.15) is 6.92 Å². The lowest BCUT2D eigenvalue weighted by Gasteiger charge is -1.96. The van der Waals surface area contributed by atoms with Gasteiger partial charge in [0.2, 0.25) is 5.95 Å². The van der Waals surface area contributed by atoms with Crippen molar-refractivity contribution >= 4 is 28.4 Å². The minimum Gasteiger partial charge on any atom is -0.324 e. The number of nitrogens with one attached hydrogen (secondary N) is 2. The summed E-state index contributed by atoms with van der Waals surface area (Å²) in [6, 6.07) is 4.51. The molecule has 1 aromatic carbocycles. The molecule has 20 heavy (non-hydrogen) atoms. The van der Waals surface area contributed by atoms with Crippen LogP contribution >= 0.6 is 0 Å². The highest BCUT2D eigenvalue weighted by atomic mass is 16.6. The number of H-pyrrole nitrogens is 1. The molecule has 0 saturated carbocycles. The van der Waals surface area contributed by atoms with Gasteiger partial charge in [0.25, 0.3) is 5.69 Å². The molecule has 0 aliphatic carbocycles. The number of aromatic nitrogens is 4. The summed E-state index contributed by atoms with van der Waals surface area (Å²) in [4.78, 5) is 17.6. The average molecular weight is 272 g/mol. The fraction of sp³-hybridized carbons (Fsp3) is 0.167. The van der Waals surface area contributed by atoms with E-state index in [2.05, 4.69) is 20.4 Å². The van der Waals surface area contributed by atoms with Gasteiger partial charge in [0, 0.05) is 24.9 Å². The van der Waals surface area contributed by atoms with Gasteiger partial charge >= 0.3 is 0 Å². The Morgan fingerprint density at radius 1 is 1.50 bits per heavy atom. The minimum absolute atomic E-state index is 0.0338. The third kappa shape index (κ3) is 2.18. The number of rotatable bonds is 4. The Balaban J connectivity index is 1.90. The molecule has 0 fully saturated rings. The van der Waals surface area contributed by atoms with E-state index in [0.29, 0.717) is 17.0 Å². The highest BCUT2D eigenvalue weighted by Gasteiger charge is 2.10. The molecular formula is C12H12N6O2. The molecule has 0 aliphatic heterocycles. The first kappa shape index (κ1) is 12.2. The molecule has 2 N–H and O–H groups in total. The quantitative estimate of drug-likeness (QED) is 0.561. The number of aromatic amines is 1. The molecule has 102 valence electrons. The lowest BCUT2D eigenvalue weighted by Crippen LogP contribution is -1.93. The minimum atomic E-state index is -0.432. The Kier molecular flexibility index (Phi) is 2.82. The molecule has 8 nitrogen and oxygen atoms in total. The van der Waals surface area contributed by atoms with Crippen LogP contribution < -0.4 is 5.32 Å². The zero-order valence-electron chi connectivity index (χ0n) is 10.7. The van der Waals surface area contributed by atoms with E-state index in [4.69, 9.17) is 0 Å². The number of aryl methyl sites for hydroxylation is 1. The van der Waals surface area contributed by atoms with Gasteiger partial charge in [-0.3, -0.25) is 14.8 Å². The van der Waals surface area contributed by atoms with E-state index < -0.39 is 4.92 Å². The summed E-state index contributed by atoms with van der Waals surface area (Å²) in [5, 5.41) is 17.9. The zero-order valence-corrected chi connectivity index (χ0v) is 10.7. The molecule has 0 aliphatic rings. The van der Waals surface area contributed by atoms with Crippen molar-refractivity contribution in [2.24, 2.45) is 0 Å². The van der Waals surface area contributed by atoms with Crippen molar-refractivity contribution < 1.29 is 4.92 Å². The maximum absolute atomic E-state index is 10.7. The zero-order chi connectivity index (χ0) is 14.1. The highest BCUT2D eigenvalue weighted by molar-refractivity contribution is 5.80. The lowest BCUT2D eigenvalue weighted by atomic mass is 10.3. The van der Waals surface area contributed by atoms with Crippen LogP contribution in [0.25, 0.3) is 11.0 Å². The standard InChI is InChI=1S/C12H12N6O2/c1-2-17-7-8(6-13-17)14-12-15-10-4-3-9(18(19)20)5-11(10)16-12/h3-7H,2H2,1H3,(H2,14,15,16). The Morgan fingerprint density at radius 2 is 2.35 bits per heavy atom. The van der Waals surface area contributed by atoms with Crippen LogP contribution in [0.3, 0.4) is 0 Å². The van der Waals surface area contributed by atoms with Crippen molar-refractivity contribution in [3.05, 3.63) is 40.7 Å². The molecule has 3 rings (SSSR count). The van der Waals surface area contributed by atoms with Gasteiger partial charge in [-0.2, -0.15) is 5.10 Å². The second-order valence-corrected chi connectivity index (χ2v) is 4.25. The van der Waals surface area contributed by atoms with Gasteiger partial charge in [-0.15, -0.1) is 0 Å². The summed E-state index contributed by atoms with van der Waals surface area (Å²) in [6.45, 7) is 2.78. The molecule has 0 bridgehead atoms. The second-order valence-electron chi connectivity index (χ2n) is 4.25. The summed E-state index contributed by atoms with van der Waals surface area (Å²) >= 11 is 0. The number of imidazole rings is 1. The number of nitro groups is 1. The van der Waals surface area contributed by atoms with Crippen LogP contribution in [-0.4, -0.2) is 24.7 Å². The van der Waals surface area contributed by atoms with Gasteiger partial charge in [-0.25, -0.2) is 4.98 Å². The van der Waals surface area contributed by atoms with Crippen LogP contribution in [0.4, 0.5) is 17.3 Å². The average Bonchev–Trinajstić information content (AvgIpc) is 3.03. The largest absolute Gasteiger partial charge is 0.324 e. The van der Waals surface area contributed by atoms with E-state index in [9.17, 15) is 10.1 Å². The monoisotopic (exact) mass is 272 g/mol. The first-order chi connectivity index (χ1) is 9.65. The Morgan fingerprint density at radius 3 is 3.05 bits per heavy atom. The first-order valence-electron chi connectivity index (χ1n) is 6.09. The van der Waals surface area contributed by atoms with Gasteiger partial charge in [-0.1, -0.05) is 0 Å². The molecule has 0 spiro atoms. The van der Waals surface area contributed by atoms with Crippen molar-refractivity contribution in [3.8, 4) is 0 Å². The van der Waals surface area contributed by atoms with E-state index in [1.165, 1.54) is 12.1 Å². The summed E-state index contributed by atoms with van der Waals surface area (Å²) in [5.74, 6) is 0.524. The number of anilines is 2. The van der Waals surface area contributed by atoms with Crippen molar-refractivity contribution in [1.29, 1.82) is 0 Å². The summed E-state index contributed by atoms with van der Waals surface area (Å²) in [7, 11) is 0. The molecule has 0 saturated heterocycles. The molecule has 3 aromatic rings.